The minimum absolute atomic E-state index is 0.169. The highest BCUT2D eigenvalue weighted by molar-refractivity contribution is 8.00. The van der Waals surface area contributed by atoms with Crippen molar-refractivity contribution >= 4 is 23.6 Å². The molecule has 4 fully saturated rings. The van der Waals surface area contributed by atoms with Gasteiger partial charge in [-0.3, -0.25) is 4.79 Å². The zero-order valence-electron chi connectivity index (χ0n) is 10.2. The molecule has 0 aromatic heterocycles. The molecule has 0 unspecified atom stereocenters. The van der Waals surface area contributed by atoms with Crippen molar-refractivity contribution in [1.82, 2.24) is 4.90 Å². The summed E-state index contributed by atoms with van der Waals surface area (Å²) in [5.74, 6) is 0.574. The lowest BCUT2D eigenvalue weighted by Gasteiger charge is -2.44. The maximum Gasteiger partial charge on any atom is 0.348 e. The molecule has 4 rings (SSSR count). The van der Waals surface area contributed by atoms with Crippen molar-refractivity contribution in [3.63, 3.8) is 0 Å². The van der Waals surface area contributed by atoms with Crippen molar-refractivity contribution in [2.24, 2.45) is 5.92 Å². The van der Waals surface area contributed by atoms with Crippen LogP contribution in [-0.2, 0) is 19.1 Å². The first-order chi connectivity index (χ1) is 8.65. The van der Waals surface area contributed by atoms with Crippen molar-refractivity contribution in [3.05, 3.63) is 0 Å². The summed E-state index contributed by atoms with van der Waals surface area (Å²) in [6, 6.07) is 0. The molecule has 0 saturated carbocycles. The molecule has 98 valence electrons. The lowest BCUT2D eigenvalue weighted by Crippen LogP contribution is -2.61. The third-order valence-electron chi connectivity index (χ3n) is 4.79. The Labute approximate surface area is 109 Å². The molecule has 0 aromatic carbocycles. The molecule has 4 atom stereocenters. The number of carbonyl (C=O) groups excluding carboxylic acids is 2. The maximum absolute atomic E-state index is 12.5. The summed E-state index contributed by atoms with van der Waals surface area (Å²) in [4.78, 5) is 26.4. The van der Waals surface area contributed by atoms with Gasteiger partial charge in [0.15, 0.2) is 5.72 Å². The molecule has 6 heteroatoms. The fraction of sp³-hybridized carbons (Fsp3) is 0.833. The largest absolute Gasteiger partial charge is 0.466 e. The fourth-order valence-electron chi connectivity index (χ4n) is 4.09. The maximum atomic E-state index is 12.5. The van der Waals surface area contributed by atoms with Gasteiger partial charge in [-0.05, 0) is 12.8 Å². The monoisotopic (exact) mass is 269 g/mol. The molecular formula is C12H15NO4S. The Kier molecular flexibility index (Phi) is 1.99. The molecule has 4 aliphatic rings. The van der Waals surface area contributed by atoms with E-state index in [1.165, 1.54) is 7.11 Å². The number of carbonyl (C=O) groups is 2. The third kappa shape index (κ3) is 0.945. The van der Waals surface area contributed by atoms with Gasteiger partial charge in [-0.15, -0.1) is 0 Å². The van der Waals surface area contributed by atoms with Crippen molar-refractivity contribution in [2.45, 2.75) is 35.8 Å². The fourth-order valence-corrected chi connectivity index (χ4v) is 5.85. The molecule has 0 aliphatic carbocycles. The number of thioether (sulfide) groups is 1. The van der Waals surface area contributed by atoms with Gasteiger partial charge in [0.05, 0.1) is 12.4 Å². The molecule has 18 heavy (non-hydrogen) atoms. The van der Waals surface area contributed by atoms with Gasteiger partial charge in [-0.1, -0.05) is 0 Å². The summed E-state index contributed by atoms with van der Waals surface area (Å²) in [7, 11) is 1.32. The Bertz CT molecular complexity index is 453. The second kappa shape index (κ2) is 3.22. The average molecular weight is 269 g/mol. The van der Waals surface area contributed by atoms with Gasteiger partial charge in [0, 0.05) is 24.6 Å². The summed E-state index contributed by atoms with van der Waals surface area (Å²) < 4.78 is 10.9. The van der Waals surface area contributed by atoms with Gasteiger partial charge in [-0.2, -0.15) is 11.8 Å². The van der Waals surface area contributed by atoms with Gasteiger partial charge in [0.1, 0.15) is 0 Å². The number of hydrogen-bond acceptors (Lipinski definition) is 5. The van der Waals surface area contributed by atoms with Gasteiger partial charge < -0.3 is 14.4 Å². The lowest BCUT2D eigenvalue weighted by molar-refractivity contribution is -0.170. The Balaban J connectivity index is 1.84. The zero-order valence-corrected chi connectivity index (χ0v) is 11.0. The quantitative estimate of drug-likeness (QED) is 0.509. The number of piperidine rings is 2. The van der Waals surface area contributed by atoms with Crippen molar-refractivity contribution in [1.29, 1.82) is 0 Å². The molecule has 4 heterocycles. The predicted molar refractivity (Wildman–Crippen MR) is 63.9 cm³/mol. The van der Waals surface area contributed by atoms with Crippen LogP contribution in [0.3, 0.4) is 0 Å². The summed E-state index contributed by atoms with van der Waals surface area (Å²) in [6.07, 6.45) is 2.57. The third-order valence-corrected chi connectivity index (χ3v) is 6.36. The van der Waals surface area contributed by atoms with Gasteiger partial charge in [0.25, 0.3) is 5.91 Å². The van der Waals surface area contributed by atoms with Crippen LogP contribution in [0.4, 0.5) is 0 Å². The molecule has 4 saturated heterocycles. The first-order valence-electron chi connectivity index (χ1n) is 6.37. The van der Waals surface area contributed by atoms with E-state index in [1.807, 2.05) is 16.7 Å². The molecule has 5 nitrogen and oxygen atoms in total. The van der Waals surface area contributed by atoms with E-state index < -0.39 is 17.3 Å². The van der Waals surface area contributed by atoms with E-state index in [0.29, 0.717) is 18.2 Å². The lowest BCUT2D eigenvalue weighted by atomic mass is 9.79. The van der Waals surface area contributed by atoms with E-state index in [-0.39, 0.29) is 11.8 Å². The highest BCUT2D eigenvalue weighted by atomic mass is 32.2. The first kappa shape index (κ1) is 11.1. The van der Waals surface area contributed by atoms with Crippen molar-refractivity contribution < 1.29 is 19.1 Å². The van der Waals surface area contributed by atoms with Crippen LogP contribution in [0.5, 0.6) is 0 Å². The van der Waals surface area contributed by atoms with Crippen LogP contribution in [0.2, 0.25) is 0 Å². The number of nitrogens with zero attached hydrogens (tertiary/aromatic N) is 1. The van der Waals surface area contributed by atoms with Gasteiger partial charge >= 0.3 is 5.97 Å². The highest BCUT2D eigenvalue weighted by Gasteiger charge is 2.78. The van der Waals surface area contributed by atoms with Gasteiger partial charge in [-0.25, -0.2) is 4.79 Å². The number of methoxy groups -OCH3 is 1. The van der Waals surface area contributed by atoms with E-state index in [2.05, 4.69) is 0 Å². The summed E-state index contributed by atoms with van der Waals surface area (Å²) in [5, 5.41) is 0.328. The smallest absolute Gasteiger partial charge is 0.348 e. The van der Waals surface area contributed by atoms with E-state index in [1.54, 1.807) is 0 Å². The molecule has 1 spiro atoms. The van der Waals surface area contributed by atoms with Crippen LogP contribution >= 0.6 is 11.8 Å². The molecule has 0 aromatic rings. The standard InChI is InChI=1S/C12H15NO4S/c1-16-10(15)11-5-7-6-18-8-3-2-4-13(9(11)14)12(7,8)17-11/h7-8H,2-6H2,1H3/t7-,8+,11-,12-/m1/s1. The molecule has 0 N–H and O–H groups in total. The predicted octanol–water partition coefficient (Wildman–Crippen LogP) is 0.382. The van der Waals surface area contributed by atoms with E-state index in [9.17, 15) is 9.59 Å². The number of hydrogen-bond donors (Lipinski definition) is 0. The number of rotatable bonds is 1. The minimum atomic E-state index is -1.33. The van der Waals surface area contributed by atoms with Crippen LogP contribution in [-0.4, -0.2) is 52.8 Å². The first-order valence-corrected chi connectivity index (χ1v) is 7.42. The molecule has 1 amide bonds. The number of ether oxygens (including phenoxy) is 2. The number of fused-ring (bicyclic) bond motifs is 1. The van der Waals surface area contributed by atoms with Crippen LogP contribution in [0.15, 0.2) is 0 Å². The molecular weight excluding hydrogens is 254 g/mol. The second-order valence-corrected chi connectivity index (χ2v) is 6.73. The van der Waals surface area contributed by atoms with Crippen molar-refractivity contribution in [3.8, 4) is 0 Å². The minimum Gasteiger partial charge on any atom is -0.466 e. The molecule has 0 radical (unpaired) electrons. The zero-order chi connectivity index (χ0) is 12.5. The van der Waals surface area contributed by atoms with Crippen molar-refractivity contribution in [2.75, 3.05) is 19.4 Å². The SMILES string of the molecule is COC(=O)[C@@]12C[C@@H]3CS[C@H]4CCCN(C1=O)[C@@]34O2. The molecule has 4 aliphatic heterocycles. The van der Waals surface area contributed by atoms with Crippen LogP contribution in [0, 0.1) is 5.92 Å². The summed E-state index contributed by atoms with van der Waals surface area (Å²) >= 11 is 1.89. The second-order valence-electron chi connectivity index (χ2n) is 5.49. The Morgan fingerprint density at radius 1 is 1.61 bits per heavy atom. The van der Waals surface area contributed by atoms with Crippen LogP contribution in [0.1, 0.15) is 19.3 Å². The van der Waals surface area contributed by atoms with Gasteiger partial charge in [0.2, 0.25) is 5.60 Å². The number of amides is 1. The Morgan fingerprint density at radius 3 is 3.22 bits per heavy atom. The van der Waals surface area contributed by atoms with E-state index in [0.717, 1.165) is 18.6 Å². The van der Waals surface area contributed by atoms with Crippen LogP contribution < -0.4 is 0 Å². The van der Waals surface area contributed by atoms with E-state index >= 15 is 0 Å². The molecule has 2 bridgehead atoms. The number of esters is 1. The Hall–Kier alpha value is -0.750. The van der Waals surface area contributed by atoms with Crippen LogP contribution in [0.25, 0.3) is 0 Å². The normalized spacial score (nSPS) is 48.5. The topological polar surface area (TPSA) is 55.8 Å². The summed E-state index contributed by atoms with van der Waals surface area (Å²) in [5.41, 5.74) is -1.84. The highest BCUT2D eigenvalue weighted by Crippen LogP contribution is 2.63. The average Bonchev–Trinajstić information content (AvgIpc) is 2.96. The Morgan fingerprint density at radius 2 is 2.44 bits per heavy atom. The van der Waals surface area contributed by atoms with E-state index in [4.69, 9.17) is 9.47 Å². The summed E-state index contributed by atoms with van der Waals surface area (Å²) in [6.45, 7) is 0.713.